The van der Waals surface area contributed by atoms with Crippen molar-refractivity contribution < 1.29 is 13.9 Å². The molecule has 1 aliphatic rings. The molecule has 0 atom stereocenters. The summed E-state index contributed by atoms with van der Waals surface area (Å²) in [7, 11) is 0. The smallest absolute Gasteiger partial charge is 0.306 e. The fourth-order valence-electron chi connectivity index (χ4n) is 2.37. The average Bonchev–Trinajstić information content (AvgIpc) is 2.83. The summed E-state index contributed by atoms with van der Waals surface area (Å²) in [5, 5.41) is 0. The van der Waals surface area contributed by atoms with E-state index in [0.29, 0.717) is 18.7 Å². The highest BCUT2D eigenvalue weighted by Crippen LogP contribution is 2.27. The van der Waals surface area contributed by atoms with Crippen LogP contribution in [0, 0.1) is 6.92 Å². The van der Waals surface area contributed by atoms with Crippen molar-refractivity contribution >= 4 is 21.9 Å². The quantitative estimate of drug-likeness (QED) is 0.736. The lowest BCUT2D eigenvalue weighted by molar-refractivity contribution is -0.152. The second-order valence-electron chi connectivity index (χ2n) is 5.57. The van der Waals surface area contributed by atoms with Gasteiger partial charge in [-0.15, -0.1) is 0 Å². The maximum absolute atomic E-state index is 11.7. The molecular weight excluding hydrogens is 346 g/mol. The molecule has 1 fully saturated rings. The molecule has 5 heteroatoms. The number of benzene rings is 1. The third-order valence-corrected chi connectivity index (χ3v) is 4.37. The summed E-state index contributed by atoms with van der Waals surface area (Å²) in [6.45, 7) is 1.91. The lowest BCUT2D eigenvalue weighted by Crippen LogP contribution is -2.25. The molecule has 22 heavy (non-hydrogen) atoms. The molecule has 1 heterocycles. The Kier molecular flexibility index (Phi) is 4.62. The Hall–Kier alpha value is -1.62. The van der Waals surface area contributed by atoms with Crippen LogP contribution >= 0.6 is 15.9 Å². The summed E-state index contributed by atoms with van der Waals surface area (Å²) in [6.07, 6.45) is 4.08. The zero-order valence-corrected chi connectivity index (χ0v) is 14.1. The summed E-state index contributed by atoms with van der Waals surface area (Å²) in [6, 6.07) is 7.89. The van der Waals surface area contributed by atoms with Gasteiger partial charge in [0.05, 0.1) is 12.1 Å². The van der Waals surface area contributed by atoms with Crippen molar-refractivity contribution in [1.29, 1.82) is 0 Å². The third kappa shape index (κ3) is 3.58. The Labute approximate surface area is 138 Å². The molecule has 1 aliphatic carbocycles. The van der Waals surface area contributed by atoms with Crippen LogP contribution in [0.1, 0.15) is 37.3 Å². The first-order chi connectivity index (χ1) is 10.6. The molecule has 0 N–H and O–H groups in total. The highest BCUT2D eigenvalue weighted by atomic mass is 79.9. The maximum atomic E-state index is 11.7. The van der Waals surface area contributed by atoms with E-state index >= 15 is 0 Å². The minimum atomic E-state index is -0.161. The average molecular weight is 364 g/mol. The van der Waals surface area contributed by atoms with Crippen molar-refractivity contribution in [2.45, 2.75) is 45.1 Å². The molecule has 0 radical (unpaired) electrons. The maximum Gasteiger partial charge on any atom is 0.306 e. The van der Waals surface area contributed by atoms with E-state index in [0.717, 1.165) is 40.8 Å². The van der Waals surface area contributed by atoms with Gasteiger partial charge in [-0.3, -0.25) is 4.79 Å². The van der Waals surface area contributed by atoms with E-state index in [1.165, 1.54) is 0 Å². The predicted molar refractivity (Wildman–Crippen MR) is 86.4 cm³/mol. The first kappa shape index (κ1) is 15.3. The Morgan fingerprint density at radius 1 is 1.36 bits per heavy atom. The third-order valence-electron chi connectivity index (χ3n) is 3.84. The van der Waals surface area contributed by atoms with Crippen LogP contribution in [0.3, 0.4) is 0 Å². The number of aryl methyl sites for hydroxylation is 2. The molecular formula is C17H18BrNO3. The van der Waals surface area contributed by atoms with Crippen molar-refractivity contribution in [1.82, 2.24) is 4.98 Å². The fourth-order valence-corrected chi connectivity index (χ4v) is 2.64. The van der Waals surface area contributed by atoms with Crippen LogP contribution < -0.4 is 0 Å². The van der Waals surface area contributed by atoms with E-state index in [1.54, 1.807) is 0 Å². The molecule has 0 saturated heterocycles. The zero-order chi connectivity index (χ0) is 15.5. The van der Waals surface area contributed by atoms with Gasteiger partial charge >= 0.3 is 5.97 Å². The van der Waals surface area contributed by atoms with Crippen LogP contribution in [0.4, 0.5) is 0 Å². The number of hydrogen-bond acceptors (Lipinski definition) is 4. The summed E-state index contributed by atoms with van der Waals surface area (Å²) in [5.41, 5.74) is 1.82. The minimum Gasteiger partial charge on any atom is -0.462 e. The molecule has 0 aliphatic heterocycles. The number of halogens is 1. The summed E-state index contributed by atoms with van der Waals surface area (Å²) in [5.74, 6) is 1.18. The monoisotopic (exact) mass is 363 g/mol. The molecule has 0 amide bonds. The molecule has 1 aromatic carbocycles. The molecule has 4 nitrogen and oxygen atoms in total. The minimum absolute atomic E-state index is 0.136. The highest BCUT2D eigenvalue weighted by molar-refractivity contribution is 9.10. The number of esters is 1. The largest absolute Gasteiger partial charge is 0.462 e. The second-order valence-corrected chi connectivity index (χ2v) is 6.49. The topological polar surface area (TPSA) is 52.3 Å². The number of rotatable bonds is 5. The zero-order valence-electron chi connectivity index (χ0n) is 12.5. The van der Waals surface area contributed by atoms with Crippen LogP contribution in [0.25, 0.3) is 11.3 Å². The van der Waals surface area contributed by atoms with Gasteiger partial charge in [0, 0.05) is 16.5 Å². The number of nitrogens with zero attached hydrogens (tertiary/aromatic N) is 1. The van der Waals surface area contributed by atoms with Crippen LogP contribution in [-0.2, 0) is 16.0 Å². The van der Waals surface area contributed by atoms with E-state index in [-0.39, 0.29) is 12.1 Å². The number of hydrogen-bond donors (Lipinski definition) is 0. The predicted octanol–water partition coefficient (Wildman–Crippen LogP) is 4.44. The molecule has 1 saturated carbocycles. The van der Waals surface area contributed by atoms with Crippen LogP contribution in [0.15, 0.2) is 33.2 Å². The molecule has 0 bridgehead atoms. The summed E-state index contributed by atoms with van der Waals surface area (Å²) < 4.78 is 12.2. The standard InChI is InChI=1S/C17H18BrNO3/c1-11-17(12-5-7-13(18)8-6-12)22-15(19-11)9-10-16(20)21-14-3-2-4-14/h5-8,14H,2-4,9-10H2,1H3. The lowest BCUT2D eigenvalue weighted by atomic mass is 9.96. The van der Waals surface area contributed by atoms with Gasteiger partial charge in [0.2, 0.25) is 0 Å². The first-order valence-electron chi connectivity index (χ1n) is 7.53. The van der Waals surface area contributed by atoms with Gasteiger partial charge < -0.3 is 9.15 Å². The molecule has 0 spiro atoms. The van der Waals surface area contributed by atoms with E-state index < -0.39 is 0 Å². The van der Waals surface area contributed by atoms with Gasteiger partial charge in [0.15, 0.2) is 11.7 Å². The van der Waals surface area contributed by atoms with Gasteiger partial charge in [-0.1, -0.05) is 28.1 Å². The van der Waals surface area contributed by atoms with Crippen molar-refractivity contribution in [3.05, 3.63) is 40.3 Å². The lowest BCUT2D eigenvalue weighted by Gasteiger charge is -2.24. The Balaban J connectivity index is 1.61. The van der Waals surface area contributed by atoms with E-state index in [4.69, 9.17) is 9.15 Å². The van der Waals surface area contributed by atoms with E-state index in [9.17, 15) is 4.79 Å². The van der Waals surface area contributed by atoms with Gasteiger partial charge in [-0.25, -0.2) is 4.98 Å². The van der Waals surface area contributed by atoms with Crippen molar-refractivity contribution in [3.63, 3.8) is 0 Å². The summed E-state index contributed by atoms with van der Waals surface area (Å²) >= 11 is 3.42. The second kappa shape index (κ2) is 6.65. The van der Waals surface area contributed by atoms with Crippen LogP contribution in [0.5, 0.6) is 0 Å². The molecule has 1 aromatic heterocycles. The van der Waals surface area contributed by atoms with Crippen molar-refractivity contribution in [3.8, 4) is 11.3 Å². The van der Waals surface area contributed by atoms with E-state index in [1.807, 2.05) is 31.2 Å². The van der Waals surface area contributed by atoms with Gasteiger partial charge in [0.25, 0.3) is 0 Å². The highest BCUT2D eigenvalue weighted by Gasteiger charge is 2.22. The van der Waals surface area contributed by atoms with Crippen LogP contribution in [-0.4, -0.2) is 17.1 Å². The number of carbonyl (C=O) groups is 1. The molecule has 3 rings (SSSR count). The number of carbonyl (C=O) groups excluding carboxylic acids is 1. The Bertz CT molecular complexity index is 659. The number of aromatic nitrogens is 1. The van der Waals surface area contributed by atoms with Gasteiger partial charge in [-0.2, -0.15) is 0 Å². The van der Waals surface area contributed by atoms with Gasteiger partial charge in [0.1, 0.15) is 6.10 Å². The number of ether oxygens (including phenoxy) is 1. The Morgan fingerprint density at radius 3 is 2.73 bits per heavy atom. The SMILES string of the molecule is Cc1nc(CCC(=O)OC2CCC2)oc1-c1ccc(Br)cc1. The molecule has 2 aromatic rings. The Morgan fingerprint density at radius 2 is 2.09 bits per heavy atom. The normalized spacial score (nSPS) is 14.6. The molecule has 116 valence electrons. The molecule has 0 unspecified atom stereocenters. The first-order valence-corrected chi connectivity index (χ1v) is 8.33. The van der Waals surface area contributed by atoms with Crippen molar-refractivity contribution in [2.75, 3.05) is 0 Å². The summed E-state index contributed by atoms with van der Waals surface area (Å²) in [4.78, 5) is 16.1. The fraction of sp³-hybridized carbons (Fsp3) is 0.412. The van der Waals surface area contributed by atoms with E-state index in [2.05, 4.69) is 20.9 Å². The van der Waals surface area contributed by atoms with Gasteiger partial charge in [-0.05, 0) is 38.3 Å². The van der Waals surface area contributed by atoms with Crippen LogP contribution in [0.2, 0.25) is 0 Å². The van der Waals surface area contributed by atoms with Crippen molar-refractivity contribution in [2.24, 2.45) is 0 Å². The number of oxazole rings is 1.